The zero-order valence-corrected chi connectivity index (χ0v) is 8.62. The highest BCUT2D eigenvalue weighted by atomic mass is 35.5. The second-order valence-corrected chi connectivity index (χ2v) is 3.48. The minimum atomic E-state index is -1.29. The van der Waals surface area contributed by atoms with E-state index in [1.54, 1.807) is 6.07 Å². The first-order valence-corrected chi connectivity index (χ1v) is 4.67. The summed E-state index contributed by atoms with van der Waals surface area (Å²) >= 11 is 5.72. The molecule has 0 bridgehead atoms. The van der Waals surface area contributed by atoms with Gasteiger partial charge in [0, 0.05) is 11.1 Å². The van der Waals surface area contributed by atoms with Crippen LogP contribution in [0.1, 0.15) is 0 Å². The number of rotatable bonds is 1. The van der Waals surface area contributed by atoms with Crippen LogP contribution in [-0.2, 0) is 0 Å². The van der Waals surface area contributed by atoms with Crippen LogP contribution in [0.15, 0.2) is 33.5 Å². The maximum Gasteiger partial charge on any atom is 0.411 e. The molecule has 1 amide bonds. The van der Waals surface area contributed by atoms with E-state index in [2.05, 4.69) is 0 Å². The van der Waals surface area contributed by atoms with Crippen LogP contribution < -0.4 is 10.7 Å². The molecule has 2 aromatic rings. The lowest BCUT2D eigenvalue weighted by Gasteiger charge is -2.01. The van der Waals surface area contributed by atoms with Gasteiger partial charge in [0.2, 0.25) is 5.88 Å². The Morgan fingerprint density at radius 2 is 2.12 bits per heavy atom. The molecule has 2 rings (SSSR count). The number of amides is 1. The van der Waals surface area contributed by atoms with Crippen molar-refractivity contribution in [3.05, 3.63) is 39.5 Å². The van der Waals surface area contributed by atoms with E-state index in [0.29, 0.717) is 10.4 Å². The number of nitrogens with one attached hydrogen (secondary N) is 1. The molecule has 16 heavy (non-hydrogen) atoms. The first kappa shape index (κ1) is 10.5. The lowest BCUT2D eigenvalue weighted by molar-refractivity contribution is 0.209. The van der Waals surface area contributed by atoms with Crippen molar-refractivity contribution in [2.24, 2.45) is 0 Å². The van der Waals surface area contributed by atoms with Crippen LogP contribution in [0, 0.1) is 0 Å². The number of hydrogen-bond donors (Lipinski definition) is 2. The number of halogens is 1. The summed E-state index contributed by atoms with van der Waals surface area (Å²) in [5.74, 6) is -0.118. The van der Waals surface area contributed by atoms with Gasteiger partial charge in [-0.25, -0.2) is 4.79 Å². The monoisotopic (exact) mass is 239 g/mol. The van der Waals surface area contributed by atoms with Gasteiger partial charge in [0.25, 0.3) is 0 Å². The highest BCUT2D eigenvalue weighted by molar-refractivity contribution is 6.31. The van der Waals surface area contributed by atoms with Crippen LogP contribution in [0.25, 0.3) is 11.0 Å². The number of carboxylic acid groups (broad SMARTS) is 1. The summed E-state index contributed by atoms with van der Waals surface area (Å²) in [5.41, 5.74) is -0.0758. The second-order valence-electron chi connectivity index (χ2n) is 3.05. The largest absolute Gasteiger partial charge is 0.465 e. The maximum atomic E-state index is 11.6. The van der Waals surface area contributed by atoms with Crippen molar-refractivity contribution in [3.8, 4) is 0 Å². The van der Waals surface area contributed by atoms with E-state index in [4.69, 9.17) is 21.1 Å². The zero-order chi connectivity index (χ0) is 11.7. The molecule has 1 aromatic heterocycles. The molecule has 1 aromatic carbocycles. The van der Waals surface area contributed by atoms with E-state index >= 15 is 0 Å². The molecule has 2 N–H and O–H groups in total. The fourth-order valence-electron chi connectivity index (χ4n) is 1.30. The fourth-order valence-corrected chi connectivity index (χ4v) is 1.47. The van der Waals surface area contributed by atoms with Crippen LogP contribution in [0.4, 0.5) is 10.7 Å². The third kappa shape index (κ3) is 1.99. The number of anilines is 1. The molecule has 5 nitrogen and oxygen atoms in total. The number of hydrogen-bond acceptors (Lipinski definition) is 3. The van der Waals surface area contributed by atoms with Crippen molar-refractivity contribution in [3.63, 3.8) is 0 Å². The third-order valence-electron chi connectivity index (χ3n) is 1.92. The van der Waals surface area contributed by atoms with Gasteiger partial charge in [-0.15, -0.1) is 0 Å². The summed E-state index contributed by atoms with van der Waals surface area (Å²) in [6.45, 7) is 0. The average Bonchev–Trinajstić information content (AvgIpc) is 2.18. The van der Waals surface area contributed by atoms with E-state index in [9.17, 15) is 9.59 Å². The molecule has 0 saturated carbocycles. The van der Waals surface area contributed by atoms with E-state index in [1.807, 2.05) is 5.32 Å². The van der Waals surface area contributed by atoms with Gasteiger partial charge in [0.15, 0.2) is 5.43 Å². The van der Waals surface area contributed by atoms with Crippen molar-refractivity contribution in [1.82, 2.24) is 0 Å². The van der Waals surface area contributed by atoms with Gasteiger partial charge >= 0.3 is 6.09 Å². The lowest BCUT2D eigenvalue weighted by atomic mass is 10.2. The Morgan fingerprint density at radius 3 is 2.81 bits per heavy atom. The van der Waals surface area contributed by atoms with E-state index < -0.39 is 6.09 Å². The minimum Gasteiger partial charge on any atom is -0.465 e. The fraction of sp³-hybridized carbons (Fsp3) is 0. The number of benzene rings is 1. The van der Waals surface area contributed by atoms with Gasteiger partial charge in [0.05, 0.1) is 5.39 Å². The highest BCUT2D eigenvalue weighted by Gasteiger charge is 2.06. The highest BCUT2D eigenvalue weighted by Crippen LogP contribution is 2.19. The first-order chi connectivity index (χ1) is 7.56. The molecule has 0 saturated heterocycles. The predicted molar refractivity (Wildman–Crippen MR) is 59.1 cm³/mol. The third-order valence-corrected chi connectivity index (χ3v) is 2.15. The minimum absolute atomic E-state index is 0.118. The van der Waals surface area contributed by atoms with Crippen LogP contribution >= 0.6 is 11.6 Å². The Morgan fingerprint density at radius 1 is 1.38 bits per heavy atom. The molecule has 0 atom stereocenters. The molecule has 0 radical (unpaired) electrons. The van der Waals surface area contributed by atoms with Crippen LogP contribution in [-0.4, -0.2) is 11.2 Å². The Bertz CT molecular complexity index is 620. The molecule has 0 aliphatic carbocycles. The van der Waals surface area contributed by atoms with Crippen LogP contribution in [0.5, 0.6) is 0 Å². The molecule has 0 aliphatic heterocycles. The molecule has 0 spiro atoms. The summed E-state index contributed by atoms with van der Waals surface area (Å²) in [4.78, 5) is 22.0. The van der Waals surface area contributed by atoms with E-state index in [0.717, 1.165) is 6.07 Å². The molecule has 82 valence electrons. The van der Waals surface area contributed by atoms with Gasteiger partial charge in [-0.3, -0.25) is 10.1 Å². The first-order valence-electron chi connectivity index (χ1n) is 4.29. The zero-order valence-electron chi connectivity index (χ0n) is 7.86. The maximum absolute atomic E-state index is 11.6. The Kier molecular flexibility index (Phi) is 2.54. The van der Waals surface area contributed by atoms with Crippen molar-refractivity contribution >= 4 is 34.5 Å². The molecular formula is C10H6ClNO4. The molecular weight excluding hydrogens is 234 g/mol. The Hall–Kier alpha value is -2.01. The summed E-state index contributed by atoms with van der Waals surface area (Å²) in [7, 11) is 0. The van der Waals surface area contributed by atoms with Gasteiger partial charge in [0.1, 0.15) is 5.58 Å². The van der Waals surface area contributed by atoms with Crippen molar-refractivity contribution < 1.29 is 14.3 Å². The normalized spacial score (nSPS) is 10.3. The Balaban J connectivity index is 2.64. The van der Waals surface area contributed by atoms with Gasteiger partial charge < -0.3 is 9.52 Å². The molecule has 6 heteroatoms. The van der Waals surface area contributed by atoms with Gasteiger partial charge in [-0.05, 0) is 18.2 Å². The summed E-state index contributed by atoms with van der Waals surface area (Å²) in [5, 5.41) is 11.2. The van der Waals surface area contributed by atoms with Crippen molar-refractivity contribution in [2.45, 2.75) is 0 Å². The number of carbonyl (C=O) groups is 1. The smallest absolute Gasteiger partial charge is 0.411 e. The Labute approximate surface area is 94.3 Å². The predicted octanol–water partition coefficient (Wildman–Crippen LogP) is 2.54. The number of fused-ring (bicyclic) bond motifs is 1. The van der Waals surface area contributed by atoms with Gasteiger partial charge in [-0.2, -0.15) is 0 Å². The molecule has 0 fully saturated rings. The average molecular weight is 240 g/mol. The quantitative estimate of drug-likeness (QED) is 0.801. The second kappa shape index (κ2) is 3.86. The van der Waals surface area contributed by atoms with E-state index in [1.165, 1.54) is 12.1 Å². The molecule has 0 aliphatic rings. The topological polar surface area (TPSA) is 79.5 Å². The summed E-state index contributed by atoms with van der Waals surface area (Å²) in [6, 6.07) is 5.59. The standard InChI is InChI=1S/C10H6ClNO4/c11-5-1-2-8-6(3-5)7(13)4-9(16-8)12-10(14)15/h1-4,12H,(H,14,15). The van der Waals surface area contributed by atoms with Crippen molar-refractivity contribution in [1.29, 1.82) is 0 Å². The summed E-state index contributed by atoms with van der Waals surface area (Å²) in [6.07, 6.45) is -1.29. The SMILES string of the molecule is O=C(O)Nc1cc(=O)c2cc(Cl)ccc2o1. The van der Waals surface area contributed by atoms with Crippen LogP contribution in [0.2, 0.25) is 5.02 Å². The van der Waals surface area contributed by atoms with Gasteiger partial charge in [-0.1, -0.05) is 11.6 Å². The van der Waals surface area contributed by atoms with E-state index in [-0.39, 0.29) is 16.9 Å². The lowest BCUT2D eigenvalue weighted by Crippen LogP contribution is -2.10. The molecule has 0 unspecified atom stereocenters. The van der Waals surface area contributed by atoms with Crippen molar-refractivity contribution in [2.75, 3.05) is 5.32 Å². The van der Waals surface area contributed by atoms with Crippen LogP contribution in [0.3, 0.4) is 0 Å². The summed E-state index contributed by atoms with van der Waals surface area (Å²) < 4.78 is 5.16. The molecule has 1 heterocycles.